The first kappa shape index (κ1) is 11.5. The number of nitrogens with zero attached hydrogens (tertiary/aromatic N) is 3. The molecule has 0 aliphatic carbocycles. The zero-order valence-corrected chi connectivity index (χ0v) is 8.86. The van der Waals surface area contributed by atoms with Crippen molar-refractivity contribution in [3.05, 3.63) is 56.1 Å². The molecule has 88 valence electrons. The highest BCUT2D eigenvalue weighted by molar-refractivity contribution is 5.96. The summed E-state index contributed by atoms with van der Waals surface area (Å²) in [4.78, 5) is 20.3. The molecule has 0 spiro atoms. The molecule has 0 fully saturated rings. The Bertz CT molecular complexity index is 718. The Morgan fingerprint density at radius 3 is 2.33 bits per heavy atom. The Hall–Kier alpha value is -3.01. The van der Waals surface area contributed by atoms with Gasteiger partial charge in [-0.3, -0.25) is 20.2 Å². The lowest BCUT2D eigenvalue weighted by Gasteiger charge is -2.02. The van der Waals surface area contributed by atoms with Gasteiger partial charge in [0.2, 0.25) is 5.56 Å². The Labute approximate surface area is 100 Å². The van der Waals surface area contributed by atoms with Crippen LogP contribution in [0.3, 0.4) is 0 Å². The molecule has 0 heterocycles. The summed E-state index contributed by atoms with van der Waals surface area (Å²) < 4.78 is 0. The topological polar surface area (TPSA) is 110 Å². The van der Waals surface area contributed by atoms with Gasteiger partial charge in [-0.15, -0.1) is 0 Å². The van der Waals surface area contributed by atoms with Crippen molar-refractivity contribution >= 4 is 22.1 Å². The van der Waals surface area contributed by atoms with Crippen LogP contribution >= 0.6 is 0 Å². The van der Waals surface area contributed by atoms with Gasteiger partial charge >= 0.3 is 5.69 Å². The standard InChI is InChI=1S/C11H5N3O4/c12-6-9-10(13(15)16)5-7-3-1-2-4-8(7)11(9)14(17)18/h1-5H. The summed E-state index contributed by atoms with van der Waals surface area (Å²) in [5.74, 6) is 0. The summed E-state index contributed by atoms with van der Waals surface area (Å²) >= 11 is 0. The number of fused-ring (bicyclic) bond motifs is 1. The molecular formula is C11H5N3O4. The molecular weight excluding hydrogens is 238 g/mol. The summed E-state index contributed by atoms with van der Waals surface area (Å²) in [5.41, 5.74) is -1.60. The molecule has 0 aromatic heterocycles. The molecule has 2 aromatic carbocycles. The first-order valence-electron chi connectivity index (χ1n) is 4.81. The van der Waals surface area contributed by atoms with E-state index in [1.807, 2.05) is 0 Å². The smallest absolute Gasteiger partial charge is 0.258 e. The van der Waals surface area contributed by atoms with E-state index in [0.29, 0.717) is 5.39 Å². The van der Waals surface area contributed by atoms with Gasteiger partial charge in [0.1, 0.15) is 6.07 Å². The molecule has 2 rings (SSSR count). The lowest BCUT2D eigenvalue weighted by Crippen LogP contribution is -1.99. The molecule has 0 aliphatic rings. The van der Waals surface area contributed by atoms with Crippen LogP contribution in [0.5, 0.6) is 0 Å². The van der Waals surface area contributed by atoms with Crippen LogP contribution in [-0.2, 0) is 0 Å². The van der Waals surface area contributed by atoms with E-state index in [0.717, 1.165) is 0 Å². The van der Waals surface area contributed by atoms with Crippen molar-refractivity contribution in [3.63, 3.8) is 0 Å². The van der Waals surface area contributed by atoms with Crippen molar-refractivity contribution in [1.82, 2.24) is 0 Å². The zero-order chi connectivity index (χ0) is 13.3. The van der Waals surface area contributed by atoms with Crippen LogP contribution in [-0.4, -0.2) is 9.85 Å². The second kappa shape index (κ2) is 4.10. The van der Waals surface area contributed by atoms with Crippen molar-refractivity contribution in [2.45, 2.75) is 0 Å². The lowest BCUT2D eigenvalue weighted by molar-refractivity contribution is -0.393. The number of rotatable bonds is 2. The van der Waals surface area contributed by atoms with Crippen molar-refractivity contribution in [2.75, 3.05) is 0 Å². The molecule has 0 saturated carbocycles. The van der Waals surface area contributed by atoms with Crippen molar-refractivity contribution < 1.29 is 9.85 Å². The number of hydrogen-bond donors (Lipinski definition) is 0. The first-order valence-corrected chi connectivity index (χ1v) is 4.81. The molecule has 0 amide bonds. The molecule has 7 heteroatoms. The fourth-order valence-corrected chi connectivity index (χ4v) is 1.76. The first-order chi connectivity index (χ1) is 8.56. The van der Waals surface area contributed by atoms with E-state index in [4.69, 9.17) is 5.26 Å². The van der Waals surface area contributed by atoms with E-state index in [1.54, 1.807) is 12.1 Å². The highest BCUT2D eigenvalue weighted by Crippen LogP contribution is 2.35. The third-order valence-corrected chi connectivity index (χ3v) is 2.49. The van der Waals surface area contributed by atoms with Crippen molar-refractivity contribution in [3.8, 4) is 6.07 Å². The van der Waals surface area contributed by atoms with Crippen LogP contribution in [0.1, 0.15) is 5.56 Å². The van der Waals surface area contributed by atoms with E-state index in [2.05, 4.69) is 0 Å². The molecule has 7 nitrogen and oxygen atoms in total. The number of nitriles is 1. The van der Waals surface area contributed by atoms with Crippen LogP contribution in [0.4, 0.5) is 11.4 Å². The van der Waals surface area contributed by atoms with E-state index in [1.165, 1.54) is 24.3 Å². The van der Waals surface area contributed by atoms with E-state index in [-0.39, 0.29) is 5.39 Å². The van der Waals surface area contributed by atoms with Crippen molar-refractivity contribution in [1.29, 1.82) is 5.26 Å². The summed E-state index contributed by atoms with van der Waals surface area (Å²) in [5, 5.41) is 31.3. The molecule has 0 aliphatic heterocycles. The average molecular weight is 243 g/mol. The van der Waals surface area contributed by atoms with Gasteiger partial charge in [-0.1, -0.05) is 18.2 Å². The summed E-state index contributed by atoms with van der Waals surface area (Å²) in [6.45, 7) is 0. The number of nitro benzene ring substituents is 2. The largest absolute Gasteiger partial charge is 0.301 e. The molecule has 0 N–H and O–H groups in total. The van der Waals surface area contributed by atoms with Gasteiger partial charge < -0.3 is 0 Å². The van der Waals surface area contributed by atoms with E-state index >= 15 is 0 Å². The number of benzene rings is 2. The van der Waals surface area contributed by atoms with Gasteiger partial charge in [-0.25, -0.2) is 0 Å². The lowest BCUT2D eigenvalue weighted by atomic mass is 10.0. The molecule has 0 bridgehead atoms. The zero-order valence-electron chi connectivity index (χ0n) is 8.86. The fourth-order valence-electron chi connectivity index (χ4n) is 1.76. The van der Waals surface area contributed by atoms with Gasteiger partial charge in [0.25, 0.3) is 5.69 Å². The minimum atomic E-state index is -0.794. The van der Waals surface area contributed by atoms with Gasteiger partial charge in [-0.2, -0.15) is 5.26 Å². The van der Waals surface area contributed by atoms with Crippen molar-refractivity contribution in [2.24, 2.45) is 0 Å². The fraction of sp³-hybridized carbons (Fsp3) is 0. The Balaban J connectivity index is 3.03. The maximum atomic E-state index is 11.0. The van der Waals surface area contributed by atoms with Gasteiger partial charge in [0.05, 0.1) is 15.2 Å². The maximum Gasteiger partial charge on any atom is 0.301 e. The average Bonchev–Trinajstić information content (AvgIpc) is 2.35. The normalized spacial score (nSPS) is 9.94. The van der Waals surface area contributed by atoms with Gasteiger partial charge in [0, 0.05) is 6.07 Å². The third-order valence-electron chi connectivity index (χ3n) is 2.49. The van der Waals surface area contributed by atoms with Crippen LogP contribution in [0.15, 0.2) is 30.3 Å². The monoisotopic (exact) mass is 243 g/mol. The number of hydrogen-bond acceptors (Lipinski definition) is 5. The summed E-state index contributed by atoms with van der Waals surface area (Å²) in [6, 6.07) is 8.87. The highest BCUT2D eigenvalue weighted by atomic mass is 16.6. The summed E-state index contributed by atoms with van der Waals surface area (Å²) in [7, 11) is 0. The SMILES string of the molecule is N#Cc1c([N+](=O)[O-])cc2ccccc2c1[N+](=O)[O-]. The van der Waals surface area contributed by atoms with E-state index in [9.17, 15) is 20.2 Å². The van der Waals surface area contributed by atoms with Crippen LogP contribution in [0.2, 0.25) is 0 Å². The molecule has 0 saturated heterocycles. The second-order valence-electron chi connectivity index (χ2n) is 3.47. The Kier molecular flexibility index (Phi) is 2.61. The predicted molar refractivity (Wildman–Crippen MR) is 62.0 cm³/mol. The molecule has 0 radical (unpaired) electrons. The van der Waals surface area contributed by atoms with Crippen LogP contribution < -0.4 is 0 Å². The second-order valence-corrected chi connectivity index (χ2v) is 3.47. The molecule has 0 unspecified atom stereocenters. The quantitative estimate of drug-likeness (QED) is 0.594. The molecule has 2 aromatic rings. The minimum Gasteiger partial charge on any atom is -0.258 e. The highest BCUT2D eigenvalue weighted by Gasteiger charge is 2.28. The Morgan fingerprint density at radius 2 is 1.78 bits per heavy atom. The van der Waals surface area contributed by atoms with Crippen LogP contribution in [0.25, 0.3) is 10.8 Å². The van der Waals surface area contributed by atoms with Gasteiger partial charge in [-0.05, 0) is 11.5 Å². The van der Waals surface area contributed by atoms with Gasteiger partial charge in [0.15, 0.2) is 0 Å². The molecule has 0 atom stereocenters. The van der Waals surface area contributed by atoms with E-state index < -0.39 is 26.8 Å². The summed E-state index contributed by atoms with van der Waals surface area (Å²) in [6.07, 6.45) is 0. The molecule has 18 heavy (non-hydrogen) atoms. The minimum absolute atomic E-state index is 0.213. The maximum absolute atomic E-state index is 11.0. The third kappa shape index (κ3) is 1.62. The van der Waals surface area contributed by atoms with Crippen LogP contribution in [0, 0.1) is 31.6 Å². The number of nitro groups is 2. The Morgan fingerprint density at radius 1 is 1.11 bits per heavy atom. The predicted octanol–water partition coefficient (Wildman–Crippen LogP) is 2.53.